The summed E-state index contributed by atoms with van der Waals surface area (Å²) in [5, 5.41) is 0. The number of benzene rings is 3. The molecule has 3 aromatic carbocycles. The van der Waals surface area contributed by atoms with Gasteiger partial charge in [-0.15, -0.1) is 0 Å². The molecule has 0 spiro atoms. The topological polar surface area (TPSA) is 9.23 Å². The van der Waals surface area contributed by atoms with Crippen molar-refractivity contribution in [1.82, 2.24) is 0 Å². The summed E-state index contributed by atoms with van der Waals surface area (Å²) in [7, 11) is -0.0842. The number of ether oxygens (including phenoxy) is 1. The molecule has 0 aromatic heterocycles. The van der Waals surface area contributed by atoms with Crippen molar-refractivity contribution >= 4 is 10.9 Å². The van der Waals surface area contributed by atoms with Crippen molar-refractivity contribution in [2.75, 3.05) is 6.61 Å². The minimum atomic E-state index is -0.0842. The molecule has 3 rings (SSSR count). The van der Waals surface area contributed by atoms with Crippen molar-refractivity contribution in [3.05, 3.63) is 84.9 Å². The number of hydrogen-bond acceptors (Lipinski definition) is 1. The standard InChI is InChI=1S/C21H21OS/c1-2-17-22-18-13-15-21(16-14-18)23(19-9-5-3-6-10-19)20-11-7-4-8-12-20/h3-16H,2,17H2,1H3/q+1. The van der Waals surface area contributed by atoms with Crippen molar-refractivity contribution in [2.24, 2.45) is 0 Å². The Morgan fingerprint density at radius 3 is 1.61 bits per heavy atom. The largest absolute Gasteiger partial charge is 0.494 e. The quantitative estimate of drug-likeness (QED) is 0.539. The van der Waals surface area contributed by atoms with Crippen LogP contribution >= 0.6 is 0 Å². The summed E-state index contributed by atoms with van der Waals surface area (Å²) < 4.78 is 5.70. The SMILES string of the molecule is CCCOc1ccc([S+](c2ccccc2)c2ccccc2)cc1. The first-order chi connectivity index (χ1) is 11.4. The van der Waals surface area contributed by atoms with Gasteiger partial charge in [0.25, 0.3) is 0 Å². The van der Waals surface area contributed by atoms with E-state index in [4.69, 9.17) is 4.74 Å². The first kappa shape index (κ1) is 15.7. The van der Waals surface area contributed by atoms with Crippen LogP contribution in [-0.2, 0) is 10.9 Å². The highest BCUT2D eigenvalue weighted by atomic mass is 32.2. The molecule has 116 valence electrons. The van der Waals surface area contributed by atoms with Crippen molar-refractivity contribution in [1.29, 1.82) is 0 Å². The van der Waals surface area contributed by atoms with Crippen LogP contribution in [0.2, 0.25) is 0 Å². The Morgan fingerprint density at radius 2 is 1.13 bits per heavy atom. The van der Waals surface area contributed by atoms with Crippen LogP contribution in [0.25, 0.3) is 0 Å². The second kappa shape index (κ2) is 7.89. The Morgan fingerprint density at radius 1 is 0.652 bits per heavy atom. The highest BCUT2D eigenvalue weighted by molar-refractivity contribution is 7.97. The van der Waals surface area contributed by atoms with Crippen LogP contribution in [-0.4, -0.2) is 6.61 Å². The van der Waals surface area contributed by atoms with E-state index in [1.165, 1.54) is 14.7 Å². The van der Waals surface area contributed by atoms with Gasteiger partial charge in [0, 0.05) is 0 Å². The molecule has 0 radical (unpaired) electrons. The minimum Gasteiger partial charge on any atom is -0.494 e. The van der Waals surface area contributed by atoms with E-state index in [9.17, 15) is 0 Å². The van der Waals surface area contributed by atoms with Crippen LogP contribution in [0.4, 0.5) is 0 Å². The maximum atomic E-state index is 5.70. The van der Waals surface area contributed by atoms with Gasteiger partial charge < -0.3 is 4.74 Å². The first-order valence-electron chi connectivity index (χ1n) is 7.96. The predicted octanol–water partition coefficient (Wildman–Crippen LogP) is 5.57. The van der Waals surface area contributed by atoms with Crippen molar-refractivity contribution in [3.8, 4) is 5.75 Å². The lowest BCUT2D eigenvalue weighted by Crippen LogP contribution is -2.04. The van der Waals surface area contributed by atoms with Gasteiger partial charge in [0.1, 0.15) is 5.75 Å². The Labute approximate surface area is 141 Å². The summed E-state index contributed by atoms with van der Waals surface area (Å²) in [5.74, 6) is 0.945. The lowest BCUT2D eigenvalue weighted by molar-refractivity contribution is 0.317. The molecule has 0 aliphatic heterocycles. The van der Waals surface area contributed by atoms with Gasteiger partial charge in [0.15, 0.2) is 14.7 Å². The summed E-state index contributed by atoms with van der Waals surface area (Å²) in [6.07, 6.45) is 1.03. The summed E-state index contributed by atoms with van der Waals surface area (Å²) in [6, 6.07) is 29.9. The van der Waals surface area contributed by atoms with Crippen molar-refractivity contribution in [3.63, 3.8) is 0 Å². The van der Waals surface area contributed by atoms with E-state index in [2.05, 4.69) is 91.9 Å². The monoisotopic (exact) mass is 321 g/mol. The van der Waals surface area contributed by atoms with E-state index in [0.717, 1.165) is 18.8 Å². The molecule has 1 nitrogen and oxygen atoms in total. The van der Waals surface area contributed by atoms with Gasteiger partial charge in [-0.25, -0.2) is 0 Å². The molecule has 0 bridgehead atoms. The second-order valence-corrected chi connectivity index (χ2v) is 7.28. The molecule has 3 aromatic rings. The Bertz CT molecular complexity index is 668. The average Bonchev–Trinajstić information content (AvgIpc) is 2.63. The van der Waals surface area contributed by atoms with Gasteiger partial charge in [-0.2, -0.15) is 0 Å². The zero-order valence-electron chi connectivity index (χ0n) is 13.3. The Kier molecular flexibility index (Phi) is 5.38. The zero-order chi connectivity index (χ0) is 15.9. The molecule has 0 heterocycles. The summed E-state index contributed by atoms with van der Waals surface area (Å²) in [4.78, 5) is 3.98. The molecule has 0 amide bonds. The highest BCUT2D eigenvalue weighted by Crippen LogP contribution is 2.31. The molecule has 0 aliphatic carbocycles. The van der Waals surface area contributed by atoms with Crippen LogP contribution in [0.3, 0.4) is 0 Å². The molecule has 0 atom stereocenters. The van der Waals surface area contributed by atoms with Crippen LogP contribution in [0.15, 0.2) is 99.6 Å². The molecule has 23 heavy (non-hydrogen) atoms. The number of hydrogen-bond donors (Lipinski definition) is 0. The zero-order valence-corrected chi connectivity index (χ0v) is 14.1. The molecule has 0 fully saturated rings. The fraction of sp³-hybridized carbons (Fsp3) is 0.143. The number of rotatable bonds is 6. The maximum Gasteiger partial charge on any atom is 0.166 e. The molecule has 0 unspecified atom stereocenters. The van der Waals surface area contributed by atoms with Crippen LogP contribution < -0.4 is 4.74 Å². The first-order valence-corrected chi connectivity index (χ1v) is 9.18. The normalized spacial score (nSPS) is 10.7. The molecule has 0 saturated carbocycles. The minimum absolute atomic E-state index is 0.0842. The molecule has 0 N–H and O–H groups in total. The van der Waals surface area contributed by atoms with Gasteiger partial charge in [0.2, 0.25) is 0 Å². The van der Waals surface area contributed by atoms with E-state index in [0.29, 0.717) is 0 Å². The van der Waals surface area contributed by atoms with E-state index in [1.54, 1.807) is 0 Å². The van der Waals surface area contributed by atoms with E-state index in [-0.39, 0.29) is 10.9 Å². The van der Waals surface area contributed by atoms with Gasteiger partial charge >= 0.3 is 0 Å². The average molecular weight is 321 g/mol. The lowest BCUT2D eigenvalue weighted by atomic mass is 10.3. The molecule has 0 aliphatic rings. The third kappa shape index (κ3) is 3.96. The van der Waals surface area contributed by atoms with Gasteiger partial charge in [-0.05, 0) is 55.0 Å². The van der Waals surface area contributed by atoms with Gasteiger partial charge in [-0.3, -0.25) is 0 Å². The molecular weight excluding hydrogens is 300 g/mol. The van der Waals surface area contributed by atoms with Crippen LogP contribution in [0, 0.1) is 0 Å². The third-order valence-electron chi connectivity index (χ3n) is 3.49. The van der Waals surface area contributed by atoms with E-state index in [1.807, 2.05) is 0 Å². The third-order valence-corrected chi connectivity index (χ3v) is 5.72. The summed E-state index contributed by atoms with van der Waals surface area (Å²) in [5.41, 5.74) is 0. The van der Waals surface area contributed by atoms with Crippen LogP contribution in [0.1, 0.15) is 13.3 Å². The fourth-order valence-corrected chi connectivity index (χ4v) is 4.50. The van der Waals surface area contributed by atoms with Crippen molar-refractivity contribution in [2.45, 2.75) is 28.0 Å². The lowest BCUT2D eigenvalue weighted by Gasteiger charge is -2.09. The Balaban J connectivity index is 1.96. The second-order valence-electron chi connectivity index (χ2n) is 5.25. The fourth-order valence-electron chi connectivity index (χ4n) is 2.41. The molecule has 0 saturated heterocycles. The van der Waals surface area contributed by atoms with Crippen molar-refractivity contribution < 1.29 is 4.74 Å². The predicted molar refractivity (Wildman–Crippen MR) is 97.3 cm³/mol. The Hall–Kier alpha value is -2.19. The molecule has 2 heteroatoms. The van der Waals surface area contributed by atoms with Gasteiger partial charge in [-0.1, -0.05) is 43.3 Å². The smallest absolute Gasteiger partial charge is 0.166 e. The van der Waals surface area contributed by atoms with E-state index < -0.39 is 0 Å². The molecular formula is C21H21OS+. The van der Waals surface area contributed by atoms with Gasteiger partial charge in [0.05, 0.1) is 17.5 Å². The summed E-state index contributed by atoms with van der Waals surface area (Å²) >= 11 is 0. The highest BCUT2D eigenvalue weighted by Gasteiger charge is 2.28. The van der Waals surface area contributed by atoms with Crippen LogP contribution in [0.5, 0.6) is 5.75 Å². The summed E-state index contributed by atoms with van der Waals surface area (Å²) in [6.45, 7) is 2.89. The maximum absolute atomic E-state index is 5.70. The van der Waals surface area contributed by atoms with E-state index >= 15 is 0 Å².